The average molecular weight is 758 g/mol. The zero-order valence-electron chi connectivity index (χ0n) is 31.6. The molecule has 12 aromatic rings. The number of rotatable bonds is 6. The van der Waals surface area contributed by atoms with E-state index in [0.29, 0.717) is 0 Å². The van der Waals surface area contributed by atoms with Crippen molar-refractivity contribution in [3.8, 4) is 17.1 Å². The van der Waals surface area contributed by atoms with Gasteiger partial charge in [-0.3, -0.25) is 0 Å². The Labute approximate surface area is 337 Å². The first-order chi connectivity index (χ1) is 28.8. The maximum absolute atomic E-state index is 2.44. The van der Waals surface area contributed by atoms with Crippen LogP contribution in [0.2, 0.25) is 0 Å². The molecule has 0 N–H and O–H groups in total. The van der Waals surface area contributed by atoms with E-state index in [1.165, 1.54) is 98.4 Å². The maximum Gasteiger partial charge on any atom is 0.0541 e. The van der Waals surface area contributed by atoms with Crippen LogP contribution in [0.3, 0.4) is 0 Å². The summed E-state index contributed by atoms with van der Waals surface area (Å²) in [6.45, 7) is 0. The zero-order chi connectivity index (χ0) is 38.2. The molecule has 58 heavy (non-hydrogen) atoms. The highest BCUT2D eigenvalue weighted by molar-refractivity contribution is 7.79. The fourth-order valence-corrected chi connectivity index (χ4v) is 11.7. The van der Waals surface area contributed by atoms with E-state index in [4.69, 9.17) is 0 Å². The van der Waals surface area contributed by atoms with Gasteiger partial charge in [0.2, 0.25) is 0 Å². The van der Waals surface area contributed by atoms with E-state index in [-0.39, 0.29) is 0 Å². The molecular formula is C54H36N3P. The van der Waals surface area contributed by atoms with E-state index in [1.807, 2.05) is 0 Å². The van der Waals surface area contributed by atoms with E-state index in [2.05, 4.69) is 232 Å². The first kappa shape index (κ1) is 33.0. The molecule has 4 heteroatoms. The van der Waals surface area contributed by atoms with Crippen LogP contribution in [0.15, 0.2) is 218 Å². The van der Waals surface area contributed by atoms with Crippen molar-refractivity contribution < 1.29 is 0 Å². The summed E-state index contributed by atoms with van der Waals surface area (Å²) in [7, 11) is -1.02. The molecule has 0 aliphatic heterocycles. The molecule has 0 saturated carbocycles. The standard InChI is InChI=1S/C54H36N3P/c1-7-28-49-43(22-1)44-23-2-8-29-50(44)55(49)37-16-13-19-40(34-37)58(41-20-14-17-38(35-41)56-51-30-9-3-24-45(51)46-25-4-10-31-52(46)56)42-21-15-18-39(36-42)57-53-32-11-5-26-47(53)48-27-6-12-33-54(48)57/h1-36H. The third-order valence-corrected chi connectivity index (χ3v) is 14.2. The lowest BCUT2D eigenvalue weighted by Crippen LogP contribution is -2.22. The Hall–Kier alpha value is -7.19. The van der Waals surface area contributed by atoms with Crippen LogP contribution in [-0.4, -0.2) is 13.7 Å². The summed E-state index contributed by atoms with van der Waals surface area (Å²) < 4.78 is 7.31. The summed E-state index contributed by atoms with van der Waals surface area (Å²) in [6, 6.07) is 80.5. The molecule has 0 radical (unpaired) electrons. The fraction of sp³-hybridized carbons (Fsp3) is 0. The summed E-state index contributed by atoms with van der Waals surface area (Å²) in [4.78, 5) is 0. The molecule has 0 aliphatic carbocycles. The quantitative estimate of drug-likeness (QED) is 0.150. The van der Waals surface area contributed by atoms with Gasteiger partial charge in [0, 0.05) is 49.4 Å². The lowest BCUT2D eigenvalue weighted by Gasteiger charge is -2.23. The summed E-state index contributed by atoms with van der Waals surface area (Å²) in [5, 5.41) is 11.5. The topological polar surface area (TPSA) is 14.8 Å². The Morgan fingerprint density at radius 3 is 0.690 bits per heavy atom. The van der Waals surface area contributed by atoms with Gasteiger partial charge in [-0.1, -0.05) is 146 Å². The van der Waals surface area contributed by atoms with Gasteiger partial charge in [-0.15, -0.1) is 0 Å². The van der Waals surface area contributed by atoms with Crippen LogP contribution in [-0.2, 0) is 0 Å². The number of para-hydroxylation sites is 6. The van der Waals surface area contributed by atoms with Gasteiger partial charge in [-0.2, -0.15) is 0 Å². The van der Waals surface area contributed by atoms with Crippen molar-refractivity contribution in [2.24, 2.45) is 0 Å². The minimum atomic E-state index is -1.02. The van der Waals surface area contributed by atoms with Gasteiger partial charge < -0.3 is 13.7 Å². The van der Waals surface area contributed by atoms with Gasteiger partial charge in [-0.25, -0.2) is 0 Å². The van der Waals surface area contributed by atoms with E-state index in [1.54, 1.807) is 0 Å². The monoisotopic (exact) mass is 757 g/mol. The second kappa shape index (κ2) is 13.2. The number of fused-ring (bicyclic) bond motifs is 9. The molecule has 3 aromatic heterocycles. The number of hydrogen-bond acceptors (Lipinski definition) is 0. The minimum absolute atomic E-state index is 1.02. The average Bonchev–Trinajstić information content (AvgIpc) is 3.93. The molecule has 0 fully saturated rings. The number of aromatic nitrogens is 3. The normalized spacial score (nSPS) is 11.9. The molecular weight excluding hydrogens is 722 g/mol. The lowest BCUT2D eigenvalue weighted by atomic mass is 10.2. The van der Waals surface area contributed by atoms with Gasteiger partial charge in [-0.05, 0) is 96.6 Å². The van der Waals surface area contributed by atoms with E-state index < -0.39 is 7.92 Å². The van der Waals surface area contributed by atoms with Gasteiger partial charge in [0.15, 0.2) is 0 Å². The highest BCUT2D eigenvalue weighted by atomic mass is 31.1. The summed E-state index contributed by atoms with van der Waals surface area (Å²) >= 11 is 0. The molecule has 3 heterocycles. The maximum atomic E-state index is 2.44. The van der Waals surface area contributed by atoms with Crippen molar-refractivity contribution in [2.75, 3.05) is 0 Å². The highest BCUT2D eigenvalue weighted by Gasteiger charge is 2.22. The number of nitrogens with zero attached hydrogens (tertiary/aromatic N) is 3. The van der Waals surface area contributed by atoms with Crippen LogP contribution >= 0.6 is 7.92 Å². The first-order valence-corrected chi connectivity index (χ1v) is 21.2. The molecule has 9 aromatic carbocycles. The largest absolute Gasteiger partial charge is 0.309 e. The smallest absolute Gasteiger partial charge is 0.0541 e. The predicted octanol–water partition coefficient (Wildman–Crippen LogP) is 12.7. The predicted molar refractivity (Wildman–Crippen MR) is 248 cm³/mol. The minimum Gasteiger partial charge on any atom is -0.309 e. The summed E-state index contributed by atoms with van der Waals surface area (Å²) in [5.41, 5.74) is 10.8. The van der Waals surface area contributed by atoms with Crippen molar-refractivity contribution in [3.63, 3.8) is 0 Å². The Bertz CT molecular complexity index is 3010. The van der Waals surface area contributed by atoms with Crippen LogP contribution in [0.4, 0.5) is 0 Å². The number of hydrogen-bond donors (Lipinski definition) is 0. The van der Waals surface area contributed by atoms with Crippen molar-refractivity contribution >= 4 is 89.3 Å². The second-order valence-corrected chi connectivity index (χ2v) is 17.2. The van der Waals surface area contributed by atoms with Crippen LogP contribution in [0.5, 0.6) is 0 Å². The molecule has 0 aliphatic rings. The SMILES string of the molecule is c1cc(-n2c3ccccc3c3ccccc32)cc(P(c2cccc(-n3c4ccccc4c4ccccc43)c2)c2cccc(-n3c4ccccc4c4ccccc43)c2)c1. The van der Waals surface area contributed by atoms with Crippen LogP contribution in [0.25, 0.3) is 82.5 Å². The Kier molecular flexibility index (Phi) is 7.51. The molecule has 272 valence electrons. The lowest BCUT2D eigenvalue weighted by molar-refractivity contribution is 1.18. The highest BCUT2D eigenvalue weighted by Crippen LogP contribution is 2.39. The zero-order valence-corrected chi connectivity index (χ0v) is 32.5. The fourth-order valence-electron chi connectivity index (χ4n) is 9.36. The molecule has 0 saturated heterocycles. The first-order valence-electron chi connectivity index (χ1n) is 19.9. The third kappa shape index (κ3) is 5.04. The van der Waals surface area contributed by atoms with Gasteiger partial charge in [0.1, 0.15) is 0 Å². The second-order valence-electron chi connectivity index (χ2n) is 15.0. The van der Waals surface area contributed by atoms with Gasteiger partial charge in [0.05, 0.1) is 33.1 Å². The number of benzene rings is 9. The van der Waals surface area contributed by atoms with Crippen LogP contribution in [0.1, 0.15) is 0 Å². The van der Waals surface area contributed by atoms with E-state index in [9.17, 15) is 0 Å². The molecule has 0 unspecified atom stereocenters. The van der Waals surface area contributed by atoms with Crippen LogP contribution < -0.4 is 15.9 Å². The van der Waals surface area contributed by atoms with Crippen LogP contribution in [0, 0.1) is 0 Å². The van der Waals surface area contributed by atoms with E-state index >= 15 is 0 Å². The summed E-state index contributed by atoms with van der Waals surface area (Å²) in [6.07, 6.45) is 0. The summed E-state index contributed by atoms with van der Waals surface area (Å²) in [5.74, 6) is 0. The Morgan fingerprint density at radius 1 is 0.224 bits per heavy atom. The molecule has 0 amide bonds. The molecule has 3 nitrogen and oxygen atoms in total. The van der Waals surface area contributed by atoms with Gasteiger partial charge in [0.25, 0.3) is 0 Å². The van der Waals surface area contributed by atoms with Crippen molar-refractivity contribution in [1.82, 2.24) is 13.7 Å². The van der Waals surface area contributed by atoms with Gasteiger partial charge >= 0.3 is 0 Å². The van der Waals surface area contributed by atoms with Crippen molar-refractivity contribution in [1.29, 1.82) is 0 Å². The molecule has 12 rings (SSSR count). The Balaban J connectivity index is 1.10. The van der Waals surface area contributed by atoms with Crippen molar-refractivity contribution in [3.05, 3.63) is 218 Å². The molecule has 0 atom stereocenters. The Morgan fingerprint density at radius 2 is 0.448 bits per heavy atom. The van der Waals surface area contributed by atoms with Crippen molar-refractivity contribution in [2.45, 2.75) is 0 Å². The molecule has 0 bridgehead atoms. The van der Waals surface area contributed by atoms with E-state index in [0.717, 1.165) is 0 Å². The molecule has 0 spiro atoms. The third-order valence-electron chi connectivity index (χ3n) is 11.8.